The van der Waals surface area contributed by atoms with Crippen LogP contribution in [-0.2, 0) is 11.8 Å². The van der Waals surface area contributed by atoms with E-state index >= 15 is 0 Å². The number of nitriles is 1. The monoisotopic (exact) mass is 599 g/mol. The molecule has 1 spiro atoms. The van der Waals surface area contributed by atoms with Crippen LogP contribution in [0.25, 0.3) is 0 Å². The SMILES string of the molecule is Cn1ccn([C@@H]2CCCN(c3cnc(C#N)c(Nc4ccc(N5CCC6(CC5)CN(C(=O)OC(C)(C)C)C6)cc4)n3)C2)c1=O. The van der Waals surface area contributed by atoms with Crippen LogP contribution in [0.5, 0.6) is 0 Å². The van der Waals surface area contributed by atoms with Gasteiger partial charge in [0.05, 0.1) is 12.2 Å². The van der Waals surface area contributed by atoms with Crippen molar-refractivity contribution in [2.24, 2.45) is 12.5 Å². The van der Waals surface area contributed by atoms with Gasteiger partial charge >= 0.3 is 11.8 Å². The first-order valence-corrected chi connectivity index (χ1v) is 15.4. The Morgan fingerprint density at radius 3 is 2.45 bits per heavy atom. The lowest BCUT2D eigenvalue weighted by Crippen LogP contribution is -2.62. The highest BCUT2D eigenvalue weighted by Crippen LogP contribution is 2.42. The fourth-order valence-corrected chi connectivity index (χ4v) is 6.52. The number of ether oxygens (including phenoxy) is 1. The number of carbonyl (C=O) groups is 1. The molecule has 0 radical (unpaired) electrons. The van der Waals surface area contributed by atoms with Crippen molar-refractivity contribution in [1.29, 1.82) is 5.26 Å². The van der Waals surface area contributed by atoms with Crippen molar-refractivity contribution in [2.45, 2.75) is 58.1 Å². The van der Waals surface area contributed by atoms with Crippen LogP contribution in [0.3, 0.4) is 0 Å². The van der Waals surface area contributed by atoms with Crippen molar-refractivity contribution in [3.8, 4) is 6.07 Å². The summed E-state index contributed by atoms with van der Waals surface area (Å²) in [5, 5.41) is 13.0. The number of anilines is 4. The zero-order chi connectivity index (χ0) is 31.1. The van der Waals surface area contributed by atoms with Crippen LogP contribution in [0.4, 0.5) is 27.8 Å². The fraction of sp³-hybridized carbons (Fsp3) is 0.531. The molecule has 3 aliphatic heterocycles. The van der Waals surface area contributed by atoms with E-state index in [0.29, 0.717) is 18.2 Å². The van der Waals surface area contributed by atoms with E-state index in [1.165, 1.54) is 0 Å². The Hall–Kier alpha value is -4.53. The molecule has 6 rings (SSSR count). The molecular weight excluding hydrogens is 558 g/mol. The molecule has 0 bridgehead atoms. The largest absolute Gasteiger partial charge is 0.444 e. The molecular formula is C32H41N9O3. The van der Waals surface area contributed by atoms with Crippen LogP contribution in [0.15, 0.2) is 47.7 Å². The Labute approximate surface area is 257 Å². The Morgan fingerprint density at radius 2 is 1.82 bits per heavy atom. The average Bonchev–Trinajstić information content (AvgIpc) is 3.33. The highest BCUT2D eigenvalue weighted by molar-refractivity contribution is 5.69. The van der Waals surface area contributed by atoms with Gasteiger partial charge in [0, 0.05) is 75.5 Å². The first-order chi connectivity index (χ1) is 21.0. The molecule has 0 aliphatic carbocycles. The van der Waals surface area contributed by atoms with Crippen molar-refractivity contribution in [1.82, 2.24) is 24.0 Å². The van der Waals surface area contributed by atoms with Crippen LogP contribution in [0.2, 0.25) is 0 Å². The number of benzene rings is 1. The first-order valence-electron chi connectivity index (χ1n) is 15.4. The van der Waals surface area contributed by atoms with Gasteiger partial charge in [0.1, 0.15) is 17.5 Å². The molecule has 3 fully saturated rings. The van der Waals surface area contributed by atoms with Crippen molar-refractivity contribution in [3.63, 3.8) is 0 Å². The number of nitrogens with one attached hydrogen (secondary N) is 1. The quantitative estimate of drug-likeness (QED) is 0.458. The van der Waals surface area contributed by atoms with Gasteiger partial charge in [0.15, 0.2) is 11.5 Å². The van der Waals surface area contributed by atoms with E-state index in [1.807, 2.05) is 44.0 Å². The van der Waals surface area contributed by atoms with E-state index in [-0.39, 0.29) is 28.9 Å². The Kier molecular flexibility index (Phi) is 7.73. The lowest BCUT2D eigenvalue weighted by molar-refractivity contribution is -0.0434. The van der Waals surface area contributed by atoms with Crippen molar-refractivity contribution in [2.75, 3.05) is 54.4 Å². The van der Waals surface area contributed by atoms with E-state index in [0.717, 1.165) is 69.8 Å². The second-order valence-electron chi connectivity index (χ2n) is 13.4. The maximum Gasteiger partial charge on any atom is 0.410 e. The number of hydrogen-bond acceptors (Lipinski definition) is 9. The van der Waals surface area contributed by atoms with Crippen molar-refractivity contribution >= 4 is 29.1 Å². The lowest BCUT2D eigenvalue weighted by atomic mass is 9.72. The number of rotatable bonds is 5. The summed E-state index contributed by atoms with van der Waals surface area (Å²) in [5.41, 5.74) is 1.89. The number of nitrogens with zero attached hydrogens (tertiary/aromatic N) is 8. The van der Waals surface area contributed by atoms with Crippen LogP contribution in [0, 0.1) is 16.7 Å². The first kappa shape index (κ1) is 29.5. The van der Waals surface area contributed by atoms with Gasteiger partial charge in [-0.05, 0) is 70.7 Å². The lowest BCUT2D eigenvalue weighted by Gasteiger charge is -2.54. The van der Waals surface area contributed by atoms with Gasteiger partial charge in [-0.25, -0.2) is 19.6 Å². The molecule has 3 aromatic rings. The predicted molar refractivity (Wildman–Crippen MR) is 168 cm³/mol. The summed E-state index contributed by atoms with van der Waals surface area (Å²) in [6.07, 6.45) is 8.98. The number of carbonyl (C=O) groups excluding carboxylic acids is 1. The van der Waals surface area contributed by atoms with Gasteiger partial charge in [0.2, 0.25) is 0 Å². The minimum Gasteiger partial charge on any atom is -0.444 e. The molecule has 1 N–H and O–H groups in total. The third kappa shape index (κ3) is 6.09. The Bertz CT molecular complexity index is 1600. The average molecular weight is 600 g/mol. The molecule has 2 aromatic heterocycles. The molecule has 1 amide bonds. The zero-order valence-electron chi connectivity index (χ0n) is 26.0. The van der Waals surface area contributed by atoms with Gasteiger partial charge in [0.25, 0.3) is 0 Å². The Balaban J connectivity index is 1.07. The minimum atomic E-state index is -0.474. The molecule has 1 aromatic carbocycles. The second-order valence-corrected chi connectivity index (χ2v) is 13.4. The van der Waals surface area contributed by atoms with Gasteiger partial charge in [-0.15, -0.1) is 0 Å². The number of aromatic nitrogens is 4. The summed E-state index contributed by atoms with van der Waals surface area (Å²) in [6.45, 7) is 10.6. The van der Waals surface area contributed by atoms with E-state index < -0.39 is 5.60 Å². The van der Waals surface area contributed by atoms with Crippen LogP contribution >= 0.6 is 0 Å². The molecule has 44 heavy (non-hydrogen) atoms. The number of aryl methyl sites for hydroxylation is 1. The summed E-state index contributed by atoms with van der Waals surface area (Å²) in [4.78, 5) is 40.4. The van der Waals surface area contributed by atoms with E-state index in [4.69, 9.17) is 9.72 Å². The Morgan fingerprint density at radius 1 is 1.09 bits per heavy atom. The molecule has 0 saturated carbocycles. The molecule has 12 nitrogen and oxygen atoms in total. The van der Waals surface area contributed by atoms with Crippen molar-refractivity contribution in [3.05, 3.63) is 59.0 Å². The predicted octanol–water partition coefficient (Wildman–Crippen LogP) is 4.27. The molecule has 3 saturated heterocycles. The van der Waals surface area contributed by atoms with E-state index in [9.17, 15) is 14.9 Å². The van der Waals surface area contributed by atoms with Gasteiger partial charge < -0.3 is 29.3 Å². The van der Waals surface area contributed by atoms with Crippen molar-refractivity contribution < 1.29 is 9.53 Å². The summed E-state index contributed by atoms with van der Waals surface area (Å²) in [6, 6.07) is 10.4. The maximum atomic E-state index is 12.5. The number of piperidine rings is 2. The number of amides is 1. The third-order valence-electron chi connectivity index (χ3n) is 8.98. The van der Waals surface area contributed by atoms with Crippen LogP contribution in [-0.4, -0.2) is 75.0 Å². The number of imidazole rings is 1. The fourth-order valence-electron chi connectivity index (χ4n) is 6.52. The van der Waals surface area contributed by atoms with Crippen LogP contribution in [0.1, 0.15) is 58.2 Å². The molecule has 5 heterocycles. The number of hydrogen-bond donors (Lipinski definition) is 1. The highest BCUT2D eigenvalue weighted by atomic mass is 16.6. The van der Waals surface area contributed by atoms with Gasteiger partial charge in [-0.1, -0.05) is 0 Å². The molecule has 0 unspecified atom stereocenters. The second kappa shape index (κ2) is 11.5. The molecule has 1 atom stereocenters. The minimum absolute atomic E-state index is 0.0227. The number of likely N-dealkylation sites (tertiary alicyclic amines) is 1. The van der Waals surface area contributed by atoms with Crippen LogP contribution < -0.4 is 20.8 Å². The smallest absolute Gasteiger partial charge is 0.410 e. The maximum absolute atomic E-state index is 12.5. The zero-order valence-corrected chi connectivity index (χ0v) is 26.0. The van der Waals surface area contributed by atoms with Gasteiger partial charge in [-0.2, -0.15) is 5.26 Å². The standard InChI is InChI=1S/C32H41N9O3/c1-31(2,3)44-30(43)40-21-32(22-40)11-14-38(15-12-32)24-9-7-23(8-10-24)35-28-26(18-33)34-19-27(36-28)39-13-5-6-25(20-39)41-17-16-37(4)29(41)42/h7-10,16-17,19,25H,5-6,11-15,20-22H2,1-4H3,(H,35,36)/t25-/m1/s1. The topological polar surface area (TPSA) is 125 Å². The molecule has 12 heteroatoms. The van der Waals surface area contributed by atoms with E-state index in [2.05, 4.69) is 38.3 Å². The summed E-state index contributed by atoms with van der Waals surface area (Å²) in [7, 11) is 1.76. The van der Waals surface area contributed by atoms with E-state index in [1.54, 1.807) is 28.6 Å². The summed E-state index contributed by atoms with van der Waals surface area (Å²) in [5.74, 6) is 1.09. The third-order valence-corrected chi connectivity index (χ3v) is 8.98. The highest BCUT2D eigenvalue weighted by Gasteiger charge is 2.47. The van der Waals surface area contributed by atoms with Gasteiger partial charge in [-0.3, -0.25) is 4.57 Å². The normalized spacial score (nSPS) is 19.8. The molecule has 232 valence electrons. The molecule has 3 aliphatic rings. The summed E-state index contributed by atoms with van der Waals surface area (Å²) >= 11 is 0. The summed E-state index contributed by atoms with van der Waals surface area (Å²) < 4.78 is 8.90.